The van der Waals surface area contributed by atoms with Crippen LogP contribution in [0.1, 0.15) is 5.56 Å². The Morgan fingerprint density at radius 1 is 1.12 bits per heavy atom. The van der Waals surface area contributed by atoms with Crippen molar-refractivity contribution in [2.45, 2.75) is 6.61 Å². The molecule has 0 aliphatic heterocycles. The third-order valence-electron chi connectivity index (χ3n) is 3.96. The van der Waals surface area contributed by atoms with Gasteiger partial charge in [-0.15, -0.1) is 5.10 Å². The second-order valence-electron chi connectivity index (χ2n) is 5.47. The van der Waals surface area contributed by atoms with Gasteiger partial charge in [-0.1, -0.05) is 24.3 Å². The van der Waals surface area contributed by atoms with Crippen LogP contribution in [0.4, 0.5) is 11.7 Å². The number of furan rings is 1. The number of benzene rings is 1. The summed E-state index contributed by atoms with van der Waals surface area (Å²) in [7, 11) is 1.90. The maximum Gasteiger partial charge on any atom is 0.200 e. The first-order chi connectivity index (χ1) is 11.8. The van der Waals surface area contributed by atoms with E-state index in [1.54, 1.807) is 12.5 Å². The van der Waals surface area contributed by atoms with Crippen LogP contribution in [-0.4, -0.2) is 26.8 Å². The molecule has 6 heteroatoms. The van der Waals surface area contributed by atoms with Crippen LogP contribution in [0.15, 0.2) is 65.4 Å². The molecule has 0 saturated carbocycles. The molecule has 0 bridgehead atoms. The van der Waals surface area contributed by atoms with Crippen LogP contribution in [0.2, 0.25) is 0 Å². The van der Waals surface area contributed by atoms with Gasteiger partial charge < -0.3 is 9.52 Å². The second kappa shape index (κ2) is 5.82. The van der Waals surface area contributed by atoms with E-state index in [9.17, 15) is 5.11 Å². The molecule has 1 aromatic carbocycles. The van der Waals surface area contributed by atoms with Crippen LogP contribution in [0.3, 0.4) is 0 Å². The predicted molar refractivity (Wildman–Crippen MR) is 91.1 cm³/mol. The molecule has 0 saturated heterocycles. The number of hydrogen-bond donors (Lipinski definition) is 1. The van der Waals surface area contributed by atoms with E-state index in [1.165, 1.54) is 0 Å². The first kappa shape index (κ1) is 14.5. The molecule has 0 fully saturated rings. The first-order valence-electron chi connectivity index (χ1n) is 7.58. The van der Waals surface area contributed by atoms with Crippen molar-refractivity contribution in [1.82, 2.24) is 14.6 Å². The predicted octanol–water partition coefficient (Wildman–Crippen LogP) is 3.25. The van der Waals surface area contributed by atoms with Gasteiger partial charge in [-0.05, 0) is 23.8 Å². The van der Waals surface area contributed by atoms with Gasteiger partial charge in [0.25, 0.3) is 0 Å². The van der Waals surface area contributed by atoms with Crippen LogP contribution in [0.5, 0.6) is 0 Å². The van der Waals surface area contributed by atoms with E-state index >= 15 is 0 Å². The standard InChI is InChI=1S/C18H16N4O2/c1-21(18-3-2-10-24-18)17-9-8-16-19-11-15(22(16)20-17)14-6-4-13(12-23)5-7-14/h2-11,23H,12H2,1H3. The molecular weight excluding hydrogens is 304 g/mol. The number of rotatable bonds is 4. The minimum atomic E-state index is 0.0315. The van der Waals surface area contributed by atoms with Gasteiger partial charge in [0, 0.05) is 18.7 Å². The minimum Gasteiger partial charge on any atom is -0.448 e. The normalized spacial score (nSPS) is 11.1. The van der Waals surface area contributed by atoms with Crippen LogP contribution in [0, 0.1) is 0 Å². The Morgan fingerprint density at radius 3 is 2.67 bits per heavy atom. The molecule has 4 aromatic rings. The molecule has 0 amide bonds. The average molecular weight is 320 g/mol. The summed E-state index contributed by atoms with van der Waals surface area (Å²) in [5.74, 6) is 1.47. The van der Waals surface area contributed by atoms with Crippen molar-refractivity contribution in [3.63, 3.8) is 0 Å². The number of aliphatic hydroxyl groups excluding tert-OH is 1. The summed E-state index contributed by atoms with van der Waals surface area (Å²) in [5, 5.41) is 13.9. The molecule has 0 spiro atoms. The molecule has 0 atom stereocenters. The van der Waals surface area contributed by atoms with Gasteiger partial charge in [-0.3, -0.25) is 4.90 Å². The number of fused-ring (bicyclic) bond motifs is 1. The topological polar surface area (TPSA) is 66.8 Å². The smallest absolute Gasteiger partial charge is 0.200 e. The lowest BCUT2D eigenvalue weighted by atomic mass is 10.1. The van der Waals surface area contributed by atoms with Crippen molar-refractivity contribution in [2.24, 2.45) is 0 Å². The molecule has 0 aliphatic rings. The van der Waals surface area contributed by atoms with Crippen molar-refractivity contribution < 1.29 is 9.52 Å². The highest BCUT2D eigenvalue weighted by molar-refractivity contribution is 5.64. The summed E-state index contributed by atoms with van der Waals surface area (Å²) in [6.45, 7) is 0.0315. The highest BCUT2D eigenvalue weighted by atomic mass is 16.3. The summed E-state index contributed by atoms with van der Waals surface area (Å²) >= 11 is 0. The Balaban J connectivity index is 1.78. The van der Waals surface area contributed by atoms with E-state index in [0.717, 1.165) is 34.2 Å². The monoisotopic (exact) mass is 320 g/mol. The molecule has 0 aliphatic carbocycles. The molecule has 24 heavy (non-hydrogen) atoms. The van der Waals surface area contributed by atoms with E-state index in [4.69, 9.17) is 4.42 Å². The van der Waals surface area contributed by atoms with E-state index < -0.39 is 0 Å². The van der Waals surface area contributed by atoms with E-state index in [1.807, 2.05) is 65.0 Å². The summed E-state index contributed by atoms with van der Waals surface area (Å²) in [5.41, 5.74) is 3.53. The fraction of sp³-hybridized carbons (Fsp3) is 0.111. The molecule has 3 aromatic heterocycles. The summed E-state index contributed by atoms with van der Waals surface area (Å²) < 4.78 is 7.23. The van der Waals surface area contributed by atoms with Gasteiger partial charge in [0.05, 0.1) is 24.8 Å². The van der Waals surface area contributed by atoms with Crippen molar-refractivity contribution in [1.29, 1.82) is 0 Å². The van der Waals surface area contributed by atoms with E-state index in [-0.39, 0.29) is 6.61 Å². The largest absolute Gasteiger partial charge is 0.448 e. The summed E-state index contributed by atoms with van der Waals surface area (Å²) in [6.07, 6.45) is 3.43. The molecule has 6 nitrogen and oxygen atoms in total. The van der Waals surface area contributed by atoms with Crippen LogP contribution in [0.25, 0.3) is 16.9 Å². The third kappa shape index (κ3) is 2.43. The number of aliphatic hydroxyl groups is 1. The molecule has 3 heterocycles. The quantitative estimate of drug-likeness (QED) is 0.625. The lowest BCUT2D eigenvalue weighted by Crippen LogP contribution is -2.12. The van der Waals surface area contributed by atoms with Gasteiger partial charge in [-0.25, -0.2) is 9.50 Å². The Hall–Kier alpha value is -3.12. The Labute approximate surface area is 138 Å². The molecule has 0 unspecified atom stereocenters. The average Bonchev–Trinajstić information content (AvgIpc) is 3.30. The van der Waals surface area contributed by atoms with Crippen molar-refractivity contribution >= 4 is 17.3 Å². The molecular formula is C18H16N4O2. The van der Waals surface area contributed by atoms with Crippen molar-refractivity contribution in [2.75, 3.05) is 11.9 Å². The molecule has 4 rings (SSSR count). The lowest BCUT2D eigenvalue weighted by molar-refractivity contribution is 0.282. The van der Waals surface area contributed by atoms with E-state index in [0.29, 0.717) is 0 Å². The molecule has 1 N–H and O–H groups in total. The van der Waals surface area contributed by atoms with Gasteiger partial charge in [0.1, 0.15) is 0 Å². The zero-order valence-electron chi connectivity index (χ0n) is 13.1. The second-order valence-corrected chi connectivity index (χ2v) is 5.47. The van der Waals surface area contributed by atoms with Gasteiger partial charge in [0.2, 0.25) is 5.88 Å². The number of anilines is 2. The van der Waals surface area contributed by atoms with Crippen molar-refractivity contribution in [3.8, 4) is 11.3 Å². The van der Waals surface area contributed by atoms with Gasteiger partial charge in [0.15, 0.2) is 11.5 Å². The fourth-order valence-electron chi connectivity index (χ4n) is 2.59. The van der Waals surface area contributed by atoms with Crippen LogP contribution in [-0.2, 0) is 6.61 Å². The summed E-state index contributed by atoms with van der Waals surface area (Å²) in [6, 6.07) is 15.3. The number of hydrogen-bond acceptors (Lipinski definition) is 5. The zero-order valence-corrected chi connectivity index (χ0v) is 13.1. The van der Waals surface area contributed by atoms with E-state index in [2.05, 4.69) is 10.1 Å². The van der Waals surface area contributed by atoms with Crippen LogP contribution >= 0.6 is 0 Å². The minimum absolute atomic E-state index is 0.0315. The number of nitrogens with zero attached hydrogens (tertiary/aromatic N) is 4. The Bertz CT molecular complexity index is 959. The zero-order chi connectivity index (χ0) is 16.5. The third-order valence-corrected chi connectivity index (χ3v) is 3.96. The number of aromatic nitrogens is 3. The highest BCUT2D eigenvalue weighted by Gasteiger charge is 2.12. The maximum absolute atomic E-state index is 9.17. The Kier molecular flexibility index (Phi) is 3.51. The first-order valence-corrected chi connectivity index (χ1v) is 7.58. The molecule has 0 radical (unpaired) electrons. The highest BCUT2D eigenvalue weighted by Crippen LogP contribution is 2.25. The van der Waals surface area contributed by atoms with Crippen molar-refractivity contribution in [3.05, 3.63) is 66.6 Å². The van der Waals surface area contributed by atoms with Crippen LogP contribution < -0.4 is 4.90 Å². The maximum atomic E-state index is 9.17. The summed E-state index contributed by atoms with van der Waals surface area (Å²) in [4.78, 5) is 6.28. The fourth-order valence-corrected chi connectivity index (χ4v) is 2.59. The van der Waals surface area contributed by atoms with Gasteiger partial charge >= 0.3 is 0 Å². The Morgan fingerprint density at radius 2 is 1.96 bits per heavy atom. The SMILES string of the molecule is CN(c1ccc2ncc(-c3ccc(CO)cc3)n2n1)c1ccco1. The lowest BCUT2D eigenvalue weighted by Gasteiger charge is -2.15. The molecule has 120 valence electrons. The number of imidazole rings is 1. The van der Waals surface area contributed by atoms with Gasteiger partial charge in [-0.2, -0.15) is 0 Å².